The average molecular weight is 272 g/mol. The van der Waals surface area contributed by atoms with Gasteiger partial charge in [-0.15, -0.1) is 0 Å². The van der Waals surface area contributed by atoms with Crippen LogP contribution in [0.5, 0.6) is 0 Å². The monoisotopic (exact) mass is 272 g/mol. The molecule has 0 aromatic heterocycles. The first-order valence-corrected chi connectivity index (χ1v) is 7.71. The summed E-state index contributed by atoms with van der Waals surface area (Å²) < 4.78 is 5.35. The molecule has 0 radical (unpaired) electrons. The fraction of sp³-hybridized carbons (Fsp3) is 0.923. The van der Waals surface area contributed by atoms with Crippen LogP contribution in [-0.4, -0.2) is 50.5 Å². The van der Waals surface area contributed by atoms with Crippen molar-refractivity contribution in [3.05, 3.63) is 0 Å². The number of thiocarbonyl (C=S) groups is 1. The van der Waals surface area contributed by atoms with Crippen molar-refractivity contribution in [1.29, 1.82) is 0 Å². The lowest BCUT2D eigenvalue weighted by Gasteiger charge is -2.23. The number of quaternary nitrogens is 1. The number of morpholine rings is 1. The van der Waals surface area contributed by atoms with E-state index in [9.17, 15) is 0 Å². The van der Waals surface area contributed by atoms with Crippen molar-refractivity contribution in [2.45, 2.75) is 38.1 Å². The molecule has 2 rings (SSSR count). The Morgan fingerprint density at radius 2 is 1.94 bits per heavy atom. The van der Waals surface area contributed by atoms with Gasteiger partial charge in [-0.1, -0.05) is 12.8 Å². The van der Waals surface area contributed by atoms with Crippen LogP contribution >= 0.6 is 12.2 Å². The van der Waals surface area contributed by atoms with Gasteiger partial charge in [-0.3, -0.25) is 0 Å². The molecule has 5 heteroatoms. The Labute approximate surface area is 115 Å². The molecule has 0 aromatic carbocycles. The second kappa shape index (κ2) is 7.92. The predicted octanol–water partition coefficient (Wildman–Crippen LogP) is -0.302. The molecular weight excluding hydrogens is 246 g/mol. The summed E-state index contributed by atoms with van der Waals surface area (Å²) in [5.41, 5.74) is 0. The molecule has 0 bridgehead atoms. The molecule has 1 saturated carbocycles. The topological polar surface area (TPSA) is 37.7 Å². The fourth-order valence-electron chi connectivity index (χ4n) is 2.76. The van der Waals surface area contributed by atoms with Crippen LogP contribution in [0, 0.1) is 0 Å². The molecule has 4 nitrogen and oxygen atoms in total. The van der Waals surface area contributed by atoms with E-state index in [0.29, 0.717) is 6.04 Å². The van der Waals surface area contributed by atoms with E-state index in [1.54, 1.807) is 4.90 Å². The first-order chi connectivity index (χ1) is 8.84. The third-order valence-electron chi connectivity index (χ3n) is 3.88. The number of hydrogen-bond donors (Lipinski definition) is 3. The summed E-state index contributed by atoms with van der Waals surface area (Å²) >= 11 is 5.31. The molecule has 0 aromatic rings. The highest BCUT2D eigenvalue weighted by Gasteiger charge is 2.15. The molecule has 104 valence electrons. The summed E-state index contributed by atoms with van der Waals surface area (Å²) in [5, 5.41) is 7.58. The minimum absolute atomic E-state index is 0.620. The molecule has 1 aliphatic carbocycles. The maximum atomic E-state index is 5.35. The Hall–Kier alpha value is -0.390. The van der Waals surface area contributed by atoms with Gasteiger partial charge in [0.2, 0.25) is 0 Å². The van der Waals surface area contributed by atoms with Crippen LogP contribution in [0.15, 0.2) is 0 Å². The minimum atomic E-state index is 0.620. The summed E-state index contributed by atoms with van der Waals surface area (Å²) in [6.07, 6.45) is 6.43. The van der Waals surface area contributed by atoms with Gasteiger partial charge in [0.15, 0.2) is 5.11 Å². The summed E-state index contributed by atoms with van der Waals surface area (Å²) in [5.74, 6) is 0. The zero-order valence-corrected chi connectivity index (χ0v) is 12.0. The van der Waals surface area contributed by atoms with Gasteiger partial charge in [-0.05, 0) is 25.1 Å². The van der Waals surface area contributed by atoms with Gasteiger partial charge in [0.1, 0.15) is 13.1 Å². The van der Waals surface area contributed by atoms with Gasteiger partial charge in [-0.2, -0.15) is 0 Å². The number of rotatable bonds is 5. The van der Waals surface area contributed by atoms with Crippen molar-refractivity contribution in [2.24, 2.45) is 0 Å². The lowest BCUT2D eigenvalue weighted by Crippen LogP contribution is -3.14. The van der Waals surface area contributed by atoms with Crippen molar-refractivity contribution < 1.29 is 9.64 Å². The highest BCUT2D eigenvalue weighted by molar-refractivity contribution is 7.80. The van der Waals surface area contributed by atoms with E-state index in [1.165, 1.54) is 38.6 Å². The van der Waals surface area contributed by atoms with Crippen molar-refractivity contribution in [3.8, 4) is 0 Å². The van der Waals surface area contributed by atoms with Gasteiger partial charge in [0.25, 0.3) is 0 Å². The van der Waals surface area contributed by atoms with E-state index in [1.807, 2.05) is 0 Å². The number of hydrogen-bond acceptors (Lipinski definition) is 2. The Morgan fingerprint density at radius 3 is 2.67 bits per heavy atom. The third kappa shape index (κ3) is 5.08. The van der Waals surface area contributed by atoms with Gasteiger partial charge in [-0.25, -0.2) is 0 Å². The minimum Gasteiger partial charge on any atom is -0.370 e. The van der Waals surface area contributed by atoms with Crippen LogP contribution in [0.3, 0.4) is 0 Å². The molecule has 0 spiro atoms. The Bertz CT molecular complexity index is 251. The van der Waals surface area contributed by atoms with Crippen LogP contribution in [0.25, 0.3) is 0 Å². The molecule has 0 unspecified atom stereocenters. The highest BCUT2D eigenvalue weighted by atomic mass is 32.1. The van der Waals surface area contributed by atoms with Crippen LogP contribution in [0.2, 0.25) is 0 Å². The van der Waals surface area contributed by atoms with Crippen LogP contribution < -0.4 is 15.5 Å². The summed E-state index contributed by atoms with van der Waals surface area (Å²) in [6, 6.07) is 0.620. The Kier molecular flexibility index (Phi) is 6.17. The standard InChI is InChI=1S/C13H25N3OS/c18-13(15-12-4-1-2-5-12)14-6-3-7-16-8-10-17-11-9-16/h12H,1-11H2,(H2,14,15,18)/p+1. The van der Waals surface area contributed by atoms with Crippen molar-refractivity contribution >= 4 is 17.3 Å². The first kappa shape index (κ1) is 14.0. The molecule has 0 amide bonds. The smallest absolute Gasteiger partial charge is 0.166 e. The normalized spacial score (nSPS) is 22.0. The molecule has 3 N–H and O–H groups in total. The Balaban J connectivity index is 1.47. The van der Waals surface area contributed by atoms with E-state index in [4.69, 9.17) is 17.0 Å². The van der Waals surface area contributed by atoms with Crippen LogP contribution in [-0.2, 0) is 4.74 Å². The number of ether oxygens (including phenoxy) is 1. The molecule has 1 saturated heterocycles. The Morgan fingerprint density at radius 1 is 1.22 bits per heavy atom. The quantitative estimate of drug-likeness (QED) is 0.474. The first-order valence-electron chi connectivity index (χ1n) is 7.30. The van der Waals surface area contributed by atoms with Gasteiger partial charge in [0, 0.05) is 19.0 Å². The van der Waals surface area contributed by atoms with E-state index in [2.05, 4.69) is 10.6 Å². The average Bonchev–Trinajstić information content (AvgIpc) is 2.89. The van der Waals surface area contributed by atoms with Crippen LogP contribution in [0.1, 0.15) is 32.1 Å². The van der Waals surface area contributed by atoms with E-state index in [-0.39, 0.29) is 0 Å². The van der Waals surface area contributed by atoms with Crippen LogP contribution in [0.4, 0.5) is 0 Å². The molecule has 18 heavy (non-hydrogen) atoms. The second-order valence-electron chi connectivity index (χ2n) is 5.35. The van der Waals surface area contributed by atoms with E-state index < -0.39 is 0 Å². The molecule has 1 aliphatic heterocycles. The fourth-order valence-corrected chi connectivity index (χ4v) is 3.03. The lowest BCUT2D eigenvalue weighted by atomic mass is 10.2. The van der Waals surface area contributed by atoms with Gasteiger partial charge < -0.3 is 20.3 Å². The zero-order chi connectivity index (χ0) is 12.6. The summed E-state index contributed by atoms with van der Waals surface area (Å²) in [7, 11) is 0. The second-order valence-corrected chi connectivity index (χ2v) is 5.76. The molecule has 0 atom stereocenters. The zero-order valence-electron chi connectivity index (χ0n) is 11.2. The van der Waals surface area contributed by atoms with E-state index >= 15 is 0 Å². The molecule has 2 aliphatic rings. The van der Waals surface area contributed by atoms with Crippen molar-refractivity contribution in [2.75, 3.05) is 39.4 Å². The molecule has 1 heterocycles. The van der Waals surface area contributed by atoms with E-state index in [0.717, 1.165) is 38.0 Å². The summed E-state index contributed by atoms with van der Waals surface area (Å²) in [4.78, 5) is 1.66. The van der Waals surface area contributed by atoms with Crippen molar-refractivity contribution in [1.82, 2.24) is 10.6 Å². The highest BCUT2D eigenvalue weighted by Crippen LogP contribution is 2.17. The third-order valence-corrected chi connectivity index (χ3v) is 4.15. The van der Waals surface area contributed by atoms with Crippen molar-refractivity contribution in [3.63, 3.8) is 0 Å². The lowest BCUT2D eigenvalue weighted by molar-refractivity contribution is -0.908. The van der Waals surface area contributed by atoms with Gasteiger partial charge in [0.05, 0.1) is 19.8 Å². The largest absolute Gasteiger partial charge is 0.370 e. The van der Waals surface area contributed by atoms with Gasteiger partial charge >= 0.3 is 0 Å². The number of nitrogens with one attached hydrogen (secondary N) is 3. The molecular formula is C13H26N3OS+. The molecule has 2 fully saturated rings. The predicted molar refractivity (Wildman–Crippen MR) is 77.0 cm³/mol. The SMILES string of the molecule is S=C(NCCC[NH+]1CCOCC1)NC1CCCC1. The summed E-state index contributed by atoms with van der Waals surface area (Å²) in [6.45, 7) is 6.37. The maximum Gasteiger partial charge on any atom is 0.166 e. The maximum absolute atomic E-state index is 5.35.